The summed E-state index contributed by atoms with van der Waals surface area (Å²) >= 11 is 0. The normalized spacial score (nSPS) is 17.0. The summed E-state index contributed by atoms with van der Waals surface area (Å²) in [4.78, 5) is 4.77. The fourth-order valence-corrected chi connectivity index (χ4v) is 3.24. The van der Waals surface area contributed by atoms with E-state index in [1.54, 1.807) is 7.11 Å². The van der Waals surface area contributed by atoms with Crippen LogP contribution in [-0.2, 0) is 11.2 Å². The second-order valence-corrected chi connectivity index (χ2v) is 7.02. The number of aliphatic hydroxyl groups excluding tert-OH is 1. The Hall–Kier alpha value is -0.860. The highest BCUT2D eigenvalue weighted by molar-refractivity contribution is 14.0. The highest BCUT2D eigenvalue weighted by Gasteiger charge is 2.36. The number of halogens is 1. The molecule has 0 saturated heterocycles. The van der Waals surface area contributed by atoms with Crippen LogP contribution in [0.4, 0.5) is 0 Å². The Morgan fingerprint density at radius 3 is 2.58 bits per heavy atom. The molecule has 0 amide bonds. The van der Waals surface area contributed by atoms with E-state index in [0.29, 0.717) is 18.4 Å². The molecule has 1 aliphatic carbocycles. The zero-order valence-electron chi connectivity index (χ0n) is 16.0. The Bertz CT molecular complexity index is 521. The molecule has 0 aliphatic heterocycles. The summed E-state index contributed by atoms with van der Waals surface area (Å²) in [7, 11) is 1.76. The van der Waals surface area contributed by atoms with Crippen molar-refractivity contribution in [1.29, 1.82) is 0 Å². The monoisotopic (exact) mass is 475 g/mol. The van der Waals surface area contributed by atoms with Crippen LogP contribution in [0.15, 0.2) is 35.3 Å². The molecular weight excluding hydrogens is 441 g/mol. The van der Waals surface area contributed by atoms with Gasteiger partial charge < -0.3 is 20.5 Å². The Balaban J connectivity index is 0.00000338. The van der Waals surface area contributed by atoms with Gasteiger partial charge in [0, 0.05) is 39.8 Å². The van der Waals surface area contributed by atoms with E-state index in [4.69, 9.17) is 9.73 Å². The average Bonchev–Trinajstić information content (AvgIpc) is 2.59. The van der Waals surface area contributed by atoms with Crippen LogP contribution in [0.2, 0.25) is 0 Å². The minimum Gasteiger partial charge on any atom is -0.391 e. The molecule has 26 heavy (non-hydrogen) atoms. The number of methoxy groups -OCH3 is 1. The second kappa shape index (κ2) is 12.5. The van der Waals surface area contributed by atoms with Crippen molar-refractivity contribution in [2.24, 2.45) is 10.4 Å². The van der Waals surface area contributed by atoms with E-state index in [-0.39, 0.29) is 24.0 Å². The average molecular weight is 475 g/mol. The maximum Gasteiger partial charge on any atom is 0.191 e. The van der Waals surface area contributed by atoms with Crippen LogP contribution in [0.1, 0.15) is 38.2 Å². The van der Waals surface area contributed by atoms with Crippen LogP contribution >= 0.6 is 24.0 Å². The van der Waals surface area contributed by atoms with Gasteiger partial charge in [-0.15, -0.1) is 24.0 Å². The number of hydrogen-bond acceptors (Lipinski definition) is 3. The summed E-state index contributed by atoms with van der Waals surface area (Å²) in [6.07, 6.45) is 5.04. The fraction of sp³-hybridized carbons (Fsp3) is 0.650. The summed E-state index contributed by atoms with van der Waals surface area (Å²) in [6.45, 7) is 4.98. The summed E-state index contributed by atoms with van der Waals surface area (Å²) in [5.41, 5.74) is 1.45. The first-order valence-electron chi connectivity index (χ1n) is 9.40. The molecule has 1 saturated carbocycles. The SMILES string of the molecule is CCNC(=NCC1(CCOC)CCC1)NCC(O)Cc1ccccc1.I. The predicted octanol–water partition coefficient (Wildman–Crippen LogP) is 2.97. The first-order chi connectivity index (χ1) is 12.2. The van der Waals surface area contributed by atoms with Gasteiger partial charge in [0.15, 0.2) is 5.96 Å². The number of hydrogen-bond donors (Lipinski definition) is 3. The molecule has 0 aromatic heterocycles. The van der Waals surface area contributed by atoms with Gasteiger partial charge in [0.2, 0.25) is 0 Å². The zero-order valence-corrected chi connectivity index (χ0v) is 18.4. The molecule has 0 heterocycles. The van der Waals surface area contributed by atoms with Gasteiger partial charge in [-0.3, -0.25) is 4.99 Å². The first kappa shape index (κ1) is 23.2. The molecule has 1 aliphatic rings. The number of ether oxygens (including phenoxy) is 1. The van der Waals surface area contributed by atoms with E-state index in [1.807, 2.05) is 30.3 Å². The summed E-state index contributed by atoms with van der Waals surface area (Å²) < 4.78 is 5.25. The van der Waals surface area contributed by atoms with Crippen molar-refractivity contribution in [2.45, 2.75) is 45.1 Å². The summed E-state index contributed by atoms with van der Waals surface area (Å²) in [5, 5.41) is 16.8. The van der Waals surface area contributed by atoms with Crippen LogP contribution in [0, 0.1) is 5.41 Å². The molecule has 6 heteroatoms. The van der Waals surface area contributed by atoms with Crippen molar-refractivity contribution < 1.29 is 9.84 Å². The van der Waals surface area contributed by atoms with Gasteiger partial charge >= 0.3 is 0 Å². The molecule has 0 spiro atoms. The summed E-state index contributed by atoms with van der Waals surface area (Å²) in [6, 6.07) is 10.1. The third kappa shape index (κ3) is 7.80. The van der Waals surface area contributed by atoms with Gasteiger partial charge in [-0.05, 0) is 37.2 Å². The standard InChI is InChI=1S/C20H33N3O2.HI/c1-3-21-19(23-16-20(10-7-11-20)12-13-25-2)22-15-18(24)14-17-8-5-4-6-9-17;/h4-6,8-9,18,24H,3,7,10-16H2,1-2H3,(H2,21,22,23);1H. The van der Waals surface area contributed by atoms with E-state index < -0.39 is 6.10 Å². The van der Waals surface area contributed by atoms with Crippen LogP contribution in [-0.4, -0.2) is 50.5 Å². The van der Waals surface area contributed by atoms with Crippen molar-refractivity contribution in [1.82, 2.24) is 10.6 Å². The smallest absolute Gasteiger partial charge is 0.191 e. The van der Waals surface area contributed by atoms with E-state index in [2.05, 4.69) is 17.6 Å². The Labute approximate surface area is 175 Å². The highest BCUT2D eigenvalue weighted by Crippen LogP contribution is 2.44. The van der Waals surface area contributed by atoms with Gasteiger partial charge in [0.1, 0.15) is 0 Å². The number of nitrogens with one attached hydrogen (secondary N) is 2. The largest absolute Gasteiger partial charge is 0.391 e. The highest BCUT2D eigenvalue weighted by atomic mass is 127. The third-order valence-corrected chi connectivity index (χ3v) is 4.99. The topological polar surface area (TPSA) is 65.9 Å². The number of guanidine groups is 1. The van der Waals surface area contributed by atoms with E-state index in [0.717, 1.165) is 37.6 Å². The number of benzene rings is 1. The van der Waals surface area contributed by atoms with Crippen molar-refractivity contribution in [2.75, 3.05) is 33.4 Å². The number of nitrogens with zero attached hydrogens (tertiary/aromatic N) is 1. The third-order valence-electron chi connectivity index (χ3n) is 4.99. The molecule has 0 radical (unpaired) electrons. The molecule has 1 aromatic carbocycles. The van der Waals surface area contributed by atoms with Crippen LogP contribution < -0.4 is 10.6 Å². The molecule has 148 valence electrons. The number of aliphatic imine (C=N–C) groups is 1. The quantitative estimate of drug-likeness (QED) is 0.277. The first-order valence-corrected chi connectivity index (χ1v) is 9.40. The van der Waals surface area contributed by atoms with E-state index >= 15 is 0 Å². The molecule has 1 unspecified atom stereocenters. The van der Waals surface area contributed by atoms with Gasteiger partial charge in [-0.2, -0.15) is 0 Å². The van der Waals surface area contributed by atoms with Crippen LogP contribution in [0.25, 0.3) is 0 Å². The van der Waals surface area contributed by atoms with Crippen molar-refractivity contribution in [3.8, 4) is 0 Å². The lowest BCUT2D eigenvalue weighted by molar-refractivity contribution is 0.0778. The molecular formula is C20H34IN3O2. The molecule has 1 fully saturated rings. The fourth-order valence-electron chi connectivity index (χ4n) is 3.24. The maximum atomic E-state index is 10.3. The van der Waals surface area contributed by atoms with Crippen molar-refractivity contribution >= 4 is 29.9 Å². The molecule has 2 rings (SSSR count). The van der Waals surface area contributed by atoms with Gasteiger partial charge in [0.25, 0.3) is 0 Å². The lowest BCUT2D eigenvalue weighted by Gasteiger charge is -2.40. The minimum absolute atomic E-state index is 0. The Morgan fingerprint density at radius 2 is 2.00 bits per heavy atom. The van der Waals surface area contributed by atoms with Crippen molar-refractivity contribution in [3.05, 3.63) is 35.9 Å². The minimum atomic E-state index is -0.433. The summed E-state index contributed by atoms with van der Waals surface area (Å²) in [5.74, 6) is 0.790. The predicted molar refractivity (Wildman–Crippen MR) is 118 cm³/mol. The van der Waals surface area contributed by atoms with Gasteiger partial charge in [-0.25, -0.2) is 0 Å². The molecule has 5 nitrogen and oxygen atoms in total. The molecule has 1 atom stereocenters. The molecule has 0 bridgehead atoms. The van der Waals surface area contributed by atoms with E-state index in [9.17, 15) is 5.11 Å². The molecule has 3 N–H and O–H groups in total. The lowest BCUT2D eigenvalue weighted by atomic mass is 9.67. The number of aliphatic hydroxyl groups is 1. The van der Waals surface area contributed by atoms with E-state index in [1.165, 1.54) is 19.3 Å². The lowest BCUT2D eigenvalue weighted by Crippen LogP contribution is -2.43. The zero-order chi connectivity index (χ0) is 18.0. The van der Waals surface area contributed by atoms with Crippen LogP contribution in [0.3, 0.4) is 0 Å². The number of rotatable bonds is 10. The van der Waals surface area contributed by atoms with Gasteiger partial charge in [-0.1, -0.05) is 36.8 Å². The Kier molecular flexibility index (Phi) is 11.2. The van der Waals surface area contributed by atoms with Crippen LogP contribution in [0.5, 0.6) is 0 Å². The Morgan fingerprint density at radius 1 is 1.27 bits per heavy atom. The van der Waals surface area contributed by atoms with Gasteiger partial charge in [0.05, 0.1) is 6.10 Å². The molecule has 1 aromatic rings. The van der Waals surface area contributed by atoms with Crippen molar-refractivity contribution in [3.63, 3.8) is 0 Å². The second-order valence-electron chi connectivity index (χ2n) is 7.02. The maximum absolute atomic E-state index is 10.3.